The number of benzene rings is 2. The number of hydrogen-bond donors (Lipinski definition) is 1. The molecule has 0 saturated heterocycles. The van der Waals surface area contributed by atoms with E-state index in [0.717, 1.165) is 11.1 Å². The highest BCUT2D eigenvalue weighted by molar-refractivity contribution is 6.17. The molecular weight excluding hydrogens is 364 g/mol. The van der Waals surface area contributed by atoms with E-state index in [0.29, 0.717) is 23.4 Å². The smallest absolute Gasteiger partial charge is 0.340 e. The van der Waals surface area contributed by atoms with Crippen LogP contribution >= 0.6 is 0 Å². The normalized spacial score (nSPS) is 10.7. The Balaban J connectivity index is 2.13. The maximum atomic E-state index is 13.6. The van der Waals surface area contributed by atoms with Crippen LogP contribution in [0.5, 0.6) is 0 Å². The van der Waals surface area contributed by atoms with Crippen molar-refractivity contribution in [3.05, 3.63) is 99.9 Å². The molecule has 1 aromatic heterocycles. The Morgan fingerprint density at radius 1 is 1.07 bits per heavy atom. The van der Waals surface area contributed by atoms with Gasteiger partial charge in [-0.15, -0.1) is 0 Å². The minimum absolute atomic E-state index is 0.185. The third-order valence-corrected chi connectivity index (χ3v) is 4.66. The summed E-state index contributed by atoms with van der Waals surface area (Å²) < 4.78 is 4.89. The van der Waals surface area contributed by atoms with Crippen LogP contribution in [0.3, 0.4) is 0 Å². The number of nitrogens with one attached hydrogen (secondary N) is 1. The molecule has 0 unspecified atom stereocenters. The maximum Gasteiger partial charge on any atom is 0.340 e. The summed E-state index contributed by atoms with van der Waals surface area (Å²) >= 11 is 0. The molecule has 1 N–H and O–H groups in total. The van der Waals surface area contributed by atoms with Gasteiger partial charge in [-0.05, 0) is 30.5 Å². The van der Waals surface area contributed by atoms with E-state index in [1.54, 1.807) is 19.1 Å². The minimum atomic E-state index is -0.598. The topological polar surface area (TPSA) is 82.9 Å². The number of H-pyrrole nitrogens is 1. The van der Waals surface area contributed by atoms with Gasteiger partial charge in [0, 0.05) is 17.3 Å². The number of ether oxygens (including phenoxy) is 1. The number of aromatic nitrogens is 1. The number of aromatic amines is 1. The summed E-state index contributed by atoms with van der Waals surface area (Å²) in [6, 6.07) is 19.1. The van der Waals surface area contributed by atoms with Gasteiger partial charge in [-0.1, -0.05) is 54.6 Å². The monoisotopic (exact) mass is 384 g/mol. The summed E-state index contributed by atoms with van der Waals surface area (Å²) in [5.41, 5.74) is 3.75. The third-order valence-electron chi connectivity index (χ3n) is 4.66. The van der Waals surface area contributed by atoms with Crippen molar-refractivity contribution in [3.8, 4) is 6.07 Å². The van der Waals surface area contributed by atoms with Crippen molar-refractivity contribution in [1.29, 1.82) is 5.26 Å². The molecule has 2 aromatic carbocycles. The lowest BCUT2D eigenvalue weighted by atomic mass is 9.92. The number of esters is 1. The second-order valence-electron chi connectivity index (χ2n) is 6.52. The van der Waals surface area contributed by atoms with Crippen molar-refractivity contribution in [3.63, 3.8) is 0 Å². The lowest BCUT2D eigenvalue weighted by Gasteiger charge is -2.10. The molecule has 144 valence electrons. The summed E-state index contributed by atoms with van der Waals surface area (Å²) in [6.07, 6.45) is 3.34. The van der Waals surface area contributed by atoms with Gasteiger partial charge in [-0.25, -0.2) is 4.79 Å². The van der Waals surface area contributed by atoms with Crippen LogP contribution in [0.1, 0.15) is 48.8 Å². The van der Waals surface area contributed by atoms with E-state index >= 15 is 0 Å². The van der Waals surface area contributed by atoms with E-state index in [9.17, 15) is 9.59 Å². The first kappa shape index (κ1) is 19.8. The molecular formula is C24H20N2O3. The average molecular weight is 384 g/mol. The lowest BCUT2D eigenvalue weighted by Crippen LogP contribution is -2.13. The molecule has 3 rings (SSSR count). The van der Waals surface area contributed by atoms with Gasteiger partial charge in [0.25, 0.3) is 0 Å². The fourth-order valence-corrected chi connectivity index (χ4v) is 3.33. The van der Waals surface area contributed by atoms with Gasteiger partial charge in [0.1, 0.15) is 0 Å². The predicted octanol–water partition coefficient (Wildman–Crippen LogP) is 4.47. The number of allylic oxidation sites excluding steroid dienone is 1. The zero-order chi connectivity index (χ0) is 20.8. The van der Waals surface area contributed by atoms with E-state index in [1.807, 2.05) is 48.5 Å². The van der Waals surface area contributed by atoms with Gasteiger partial charge in [-0.3, -0.25) is 4.79 Å². The van der Waals surface area contributed by atoms with E-state index < -0.39 is 5.97 Å². The van der Waals surface area contributed by atoms with Crippen molar-refractivity contribution >= 4 is 17.8 Å². The maximum absolute atomic E-state index is 13.6. The molecule has 5 heteroatoms. The second kappa shape index (κ2) is 8.85. The van der Waals surface area contributed by atoms with Crippen molar-refractivity contribution in [1.82, 2.24) is 4.98 Å². The van der Waals surface area contributed by atoms with Crippen molar-refractivity contribution < 1.29 is 14.3 Å². The molecule has 0 bridgehead atoms. The van der Waals surface area contributed by atoms with Crippen LogP contribution in [-0.4, -0.2) is 23.8 Å². The van der Waals surface area contributed by atoms with E-state index in [-0.39, 0.29) is 16.9 Å². The molecule has 0 aliphatic rings. The Labute approximate surface area is 169 Å². The largest absolute Gasteiger partial charge is 0.465 e. The van der Waals surface area contributed by atoms with Crippen LogP contribution in [0, 0.1) is 18.3 Å². The lowest BCUT2D eigenvalue weighted by molar-refractivity contribution is 0.0597. The Hall–Kier alpha value is -3.91. The van der Waals surface area contributed by atoms with Gasteiger partial charge in [0.15, 0.2) is 5.78 Å². The number of nitriles is 1. The highest BCUT2D eigenvalue weighted by Crippen LogP contribution is 2.26. The highest BCUT2D eigenvalue weighted by atomic mass is 16.5. The van der Waals surface area contributed by atoms with Crippen LogP contribution in [0.2, 0.25) is 0 Å². The zero-order valence-electron chi connectivity index (χ0n) is 16.2. The Morgan fingerprint density at radius 3 is 2.45 bits per heavy atom. The first-order valence-electron chi connectivity index (χ1n) is 9.10. The van der Waals surface area contributed by atoms with Crippen molar-refractivity contribution in [2.24, 2.45) is 0 Å². The molecule has 3 aromatic rings. The second-order valence-corrected chi connectivity index (χ2v) is 6.52. The SMILES string of the molecule is COC(=O)c1c(C)[nH]c(/C=C/C#N)c1C(=O)c1ccccc1Cc1ccccc1. The van der Waals surface area contributed by atoms with E-state index in [4.69, 9.17) is 10.00 Å². The van der Waals surface area contributed by atoms with Crippen molar-refractivity contribution in [2.45, 2.75) is 13.3 Å². The molecule has 0 spiro atoms. The van der Waals surface area contributed by atoms with Gasteiger partial charge in [-0.2, -0.15) is 5.26 Å². The Bertz CT molecular complexity index is 1120. The quantitative estimate of drug-likeness (QED) is 0.386. The summed E-state index contributed by atoms with van der Waals surface area (Å²) in [5.74, 6) is -0.891. The van der Waals surface area contributed by atoms with Crippen LogP contribution in [0.4, 0.5) is 0 Å². The molecule has 1 heterocycles. The summed E-state index contributed by atoms with van der Waals surface area (Å²) in [6.45, 7) is 1.70. The molecule has 5 nitrogen and oxygen atoms in total. The van der Waals surface area contributed by atoms with E-state index in [1.165, 1.54) is 19.3 Å². The van der Waals surface area contributed by atoms with Crippen molar-refractivity contribution in [2.75, 3.05) is 7.11 Å². The molecule has 0 saturated carbocycles. The Kier molecular flexibility index (Phi) is 6.06. The van der Waals surface area contributed by atoms with Crippen LogP contribution in [0.15, 0.2) is 60.7 Å². The number of hydrogen-bond acceptors (Lipinski definition) is 4. The number of carbonyl (C=O) groups is 2. The molecule has 0 radical (unpaired) electrons. The molecule has 0 atom stereocenters. The van der Waals surface area contributed by atoms with Crippen LogP contribution in [0.25, 0.3) is 6.08 Å². The zero-order valence-corrected chi connectivity index (χ0v) is 16.2. The molecule has 0 aliphatic heterocycles. The highest BCUT2D eigenvalue weighted by Gasteiger charge is 2.27. The number of methoxy groups -OCH3 is 1. The number of carbonyl (C=O) groups excluding carboxylic acids is 2. The van der Waals surface area contributed by atoms with Gasteiger partial charge < -0.3 is 9.72 Å². The molecule has 29 heavy (non-hydrogen) atoms. The van der Waals surface area contributed by atoms with Gasteiger partial charge >= 0.3 is 5.97 Å². The first-order chi connectivity index (χ1) is 14.1. The fourth-order valence-electron chi connectivity index (χ4n) is 3.33. The number of rotatable bonds is 6. The standard InChI is InChI=1S/C24H20N2O3/c1-16-21(24(28)29-2)22(20(26-16)13-8-14-25)23(27)19-12-7-6-11-18(19)15-17-9-4-3-5-10-17/h3-13,26H,15H2,1-2H3/b13-8+. The first-order valence-corrected chi connectivity index (χ1v) is 9.10. The number of nitrogens with zero attached hydrogens (tertiary/aromatic N) is 1. The Morgan fingerprint density at radius 2 is 1.76 bits per heavy atom. The van der Waals surface area contributed by atoms with Gasteiger partial charge in [0.2, 0.25) is 0 Å². The number of ketones is 1. The molecule has 0 fully saturated rings. The van der Waals surface area contributed by atoms with E-state index in [2.05, 4.69) is 4.98 Å². The molecule has 0 aliphatic carbocycles. The average Bonchev–Trinajstić information content (AvgIpc) is 3.08. The van der Waals surface area contributed by atoms with Crippen LogP contribution in [-0.2, 0) is 11.2 Å². The fraction of sp³-hybridized carbons (Fsp3) is 0.125. The predicted molar refractivity (Wildman–Crippen MR) is 111 cm³/mol. The third kappa shape index (κ3) is 4.17. The molecule has 0 amide bonds. The summed E-state index contributed by atoms with van der Waals surface area (Å²) in [5, 5.41) is 8.89. The summed E-state index contributed by atoms with van der Waals surface area (Å²) in [4.78, 5) is 28.9. The minimum Gasteiger partial charge on any atom is -0.465 e. The van der Waals surface area contributed by atoms with Crippen LogP contribution < -0.4 is 0 Å². The van der Waals surface area contributed by atoms with Gasteiger partial charge in [0.05, 0.1) is 30.0 Å². The summed E-state index contributed by atoms with van der Waals surface area (Å²) in [7, 11) is 1.27. The number of aryl methyl sites for hydroxylation is 1.